The van der Waals surface area contributed by atoms with Gasteiger partial charge in [-0.2, -0.15) is 0 Å². The molecule has 0 aliphatic carbocycles. The van der Waals surface area contributed by atoms with Gasteiger partial charge in [-0.1, -0.05) is 23.2 Å². The molecule has 4 nitrogen and oxygen atoms in total. The third kappa shape index (κ3) is 3.40. The Kier molecular flexibility index (Phi) is 4.91. The Morgan fingerprint density at radius 1 is 1.18 bits per heavy atom. The van der Waals surface area contributed by atoms with E-state index >= 15 is 0 Å². The smallest absolute Gasteiger partial charge is 0.163 e. The van der Waals surface area contributed by atoms with Crippen molar-refractivity contribution < 1.29 is 9.47 Å². The Balaban J connectivity index is 1.87. The maximum Gasteiger partial charge on any atom is 0.163 e. The minimum atomic E-state index is 0.368. The standard InChI is InChI=1S/C16H18Cl2N2O2/c1-21-14-6-11-12(17)7-16(18)20-13(11)8-15(14)22-9-10-2-4-19-5-3-10/h6-8,10,19H,2-5,9H2,1H3. The topological polar surface area (TPSA) is 43.4 Å². The second-order valence-electron chi connectivity index (χ2n) is 5.45. The van der Waals surface area contributed by atoms with Crippen LogP contribution in [0.15, 0.2) is 18.2 Å². The molecule has 1 aliphatic rings. The van der Waals surface area contributed by atoms with E-state index in [1.54, 1.807) is 13.2 Å². The third-order valence-electron chi connectivity index (χ3n) is 3.95. The van der Waals surface area contributed by atoms with E-state index in [-0.39, 0.29) is 0 Å². The molecule has 1 fully saturated rings. The summed E-state index contributed by atoms with van der Waals surface area (Å²) in [5.41, 5.74) is 0.707. The van der Waals surface area contributed by atoms with Gasteiger partial charge in [0.05, 0.1) is 24.3 Å². The first kappa shape index (κ1) is 15.7. The number of ether oxygens (including phenoxy) is 2. The van der Waals surface area contributed by atoms with E-state index in [4.69, 9.17) is 32.7 Å². The molecule has 6 heteroatoms. The van der Waals surface area contributed by atoms with E-state index in [0.717, 1.165) is 31.3 Å². The number of methoxy groups -OCH3 is 1. The van der Waals surface area contributed by atoms with E-state index in [0.29, 0.717) is 39.7 Å². The zero-order chi connectivity index (χ0) is 15.5. The fourth-order valence-corrected chi connectivity index (χ4v) is 3.20. The number of aromatic nitrogens is 1. The van der Waals surface area contributed by atoms with E-state index in [1.165, 1.54) is 0 Å². The zero-order valence-corrected chi connectivity index (χ0v) is 13.9. The number of benzene rings is 1. The summed E-state index contributed by atoms with van der Waals surface area (Å²) in [6.45, 7) is 2.78. The van der Waals surface area contributed by atoms with Gasteiger partial charge in [-0.25, -0.2) is 4.98 Å². The monoisotopic (exact) mass is 340 g/mol. The molecule has 118 valence electrons. The fourth-order valence-electron chi connectivity index (χ4n) is 2.69. The van der Waals surface area contributed by atoms with E-state index in [1.807, 2.05) is 12.1 Å². The van der Waals surface area contributed by atoms with Crippen LogP contribution in [0.3, 0.4) is 0 Å². The Morgan fingerprint density at radius 3 is 2.68 bits per heavy atom. The summed E-state index contributed by atoms with van der Waals surface area (Å²) in [5.74, 6) is 1.91. The summed E-state index contributed by atoms with van der Waals surface area (Å²) in [7, 11) is 1.62. The van der Waals surface area contributed by atoms with Crippen molar-refractivity contribution in [1.29, 1.82) is 0 Å². The summed E-state index contributed by atoms with van der Waals surface area (Å²) in [6.07, 6.45) is 2.26. The molecule has 0 amide bonds. The summed E-state index contributed by atoms with van der Waals surface area (Å²) >= 11 is 12.2. The van der Waals surface area contributed by atoms with Crippen LogP contribution in [-0.4, -0.2) is 31.8 Å². The average molecular weight is 341 g/mol. The van der Waals surface area contributed by atoms with Crippen molar-refractivity contribution in [2.24, 2.45) is 5.92 Å². The number of hydrogen-bond donors (Lipinski definition) is 1. The van der Waals surface area contributed by atoms with Gasteiger partial charge in [0.25, 0.3) is 0 Å². The van der Waals surface area contributed by atoms with Crippen LogP contribution in [-0.2, 0) is 0 Å². The zero-order valence-electron chi connectivity index (χ0n) is 12.4. The SMILES string of the molecule is COc1cc2c(Cl)cc(Cl)nc2cc1OCC1CCNCC1. The van der Waals surface area contributed by atoms with Gasteiger partial charge < -0.3 is 14.8 Å². The lowest BCUT2D eigenvalue weighted by molar-refractivity contribution is 0.208. The predicted octanol–water partition coefficient (Wildman–Crippen LogP) is 3.93. The first-order valence-electron chi connectivity index (χ1n) is 7.34. The van der Waals surface area contributed by atoms with Gasteiger partial charge in [0, 0.05) is 11.5 Å². The highest BCUT2D eigenvalue weighted by molar-refractivity contribution is 6.37. The fraction of sp³-hybridized carbons (Fsp3) is 0.438. The van der Waals surface area contributed by atoms with Crippen LogP contribution in [0.4, 0.5) is 0 Å². The molecule has 1 aromatic heterocycles. The number of piperidine rings is 1. The van der Waals surface area contributed by atoms with Crippen LogP contribution in [0, 0.1) is 5.92 Å². The molecular formula is C16H18Cl2N2O2. The normalized spacial score (nSPS) is 16.0. The van der Waals surface area contributed by atoms with Gasteiger partial charge in [-0.3, -0.25) is 0 Å². The van der Waals surface area contributed by atoms with Crippen LogP contribution < -0.4 is 14.8 Å². The molecular weight excluding hydrogens is 323 g/mol. The van der Waals surface area contributed by atoms with Crippen LogP contribution in [0.1, 0.15) is 12.8 Å². The quantitative estimate of drug-likeness (QED) is 0.856. The molecule has 1 saturated heterocycles. The van der Waals surface area contributed by atoms with Crippen molar-refractivity contribution in [2.45, 2.75) is 12.8 Å². The number of halogens is 2. The van der Waals surface area contributed by atoms with Gasteiger partial charge in [-0.05, 0) is 44.0 Å². The number of hydrogen-bond acceptors (Lipinski definition) is 4. The van der Waals surface area contributed by atoms with Crippen LogP contribution >= 0.6 is 23.2 Å². The summed E-state index contributed by atoms with van der Waals surface area (Å²) in [4.78, 5) is 4.30. The first-order chi connectivity index (χ1) is 10.7. The molecule has 0 unspecified atom stereocenters. The summed E-state index contributed by atoms with van der Waals surface area (Å²) in [5, 5.41) is 5.08. The number of fused-ring (bicyclic) bond motifs is 1. The Bertz CT molecular complexity index is 673. The molecule has 1 aromatic carbocycles. The minimum absolute atomic E-state index is 0.368. The van der Waals surface area contributed by atoms with Gasteiger partial charge in [0.15, 0.2) is 11.5 Å². The molecule has 1 N–H and O–H groups in total. The highest BCUT2D eigenvalue weighted by atomic mass is 35.5. The molecule has 22 heavy (non-hydrogen) atoms. The highest BCUT2D eigenvalue weighted by Gasteiger charge is 2.16. The van der Waals surface area contributed by atoms with Crippen molar-refractivity contribution in [3.63, 3.8) is 0 Å². The lowest BCUT2D eigenvalue weighted by atomic mass is 9.99. The molecule has 3 rings (SSSR count). The number of pyridine rings is 1. The Labute approximate surface area is 139 Å². The van der Waals surface area contributed by atoms with Crippen molar-refractivity contribution in [3.05, 3.63) is 28.4 Å². The minimum Gasteiger partial charge on any atom is -0.493 e. The van der Waals surface area contributed by atoms with Gasteiger partial charge in [0.2, 0.25) is 0 Å². The first-order valence-corrected chi connectivity index (χ1v) is 8.10. The average Bonchev–Trinajstić information content (AvgIpc) is 2.53. The predicted molar refractivity (Wildman–Crippen MR) is 89.4 cm³/mol. The van der Waals surface area contributed by atoms with Crippen LogP contribution in [0.2, 0.25) is 10.2 Å². The van der Waals surface area contributed by atoms with Gasteiger partial charge >= 0.3 is 0 Å². The van der Waals surface area contributed by atoms with E-state index in [2.05, 4.69) is 10.3 Å². The van der Waals surface area contributed by atoms with Crippen molar-refractivity contribution in [1.82, 2.24) is 10.3 Å². The van der Waals surface area contributed by atoms with E-state index < -0.39 is 0 Å². The molecule has 0 saturated carbocycles. The summed E-state index contributed by atoms with van der Waals surface area (Å²) < 4.78 is 11.4. The van der Waals surface area contributed by atoms with Gasteiger partial charge in [-0.15, -0.1) is 0 Å². The van der Waals surface area contributed by atoms with Crippen molar-refractivity contribution in [2.75, 3.05) is 26.8 Å². The van der Waals surface area contributed by atoms with Crippen molar-refractivity contribution in [3.8, 4) is 11.5 Å². The van der Waals surface area contributed by atoms with Crippen LogP contribution in [0.5, 0.6) is 11.5 Å². The molecule has 2 aromatic rings. The van der Waals surface area contributed by atoms with Crippen LogP contribution in [0.25, 0.3) is 10.9 Å². The number of rotatable bonds is 4. The molecule has 0 atom stereocenters. The maximum atomic E-state index is 6.21. The molecule has 2 heterocycles. The highest BCUT2D eigenvalue weighted by Crippen LogP contribution is 2.36. The molecule has 1 aliphatic heterocycles. The largest absolute Gasteiger partial charge is 0.493 e. The maximum absolute atomic E-state index is 6.21. The molecule has 0 spiro atoms. The number of nitrogens with zero attached hydrogens (tertiary/aromatic N) is 1. The Hall–Kier alpha value is -1.23. The second kappa shape index (κ2) is 6.90. The number of nitrogens with one attached hydrogen (secondary N) is 1. The van der Waals surface area contributed by atoms with Crippen molar-refractivity contribution >= 4 is 34.1 Å². The second-order valence-corrected chi connectivity index (χ2v) is 6.25. The van der Waals surface area contributed by atoms with Gasteiger partial charge in [0.1, 0.15) is 5.15 Å². The lowest BCUT2D eigenvalue weighted by Crippen LogP contribution is -2.30. The lowest BCUT2D eigenvalue weighted by Gasteiger charge is -2.23. The Morgan fingerprint density at radius 2 is 1.95 bits per heavy atom. The van der Waals surface area contributed by atoms with E-state index in [9.17, 15) is 0 Å². The third-order valence-corrected chi connectivity index (χ3v) is 4.45. The molecule has 0 bridgehead atoms. The summed E-state index contributed by atoms with van der Waals surface area (Å²) in [6, 6.07) is 5.31. The molecule has 0 radical (unpaired) electrons.